The highest BCUT2D eigenvalue weighted by Crippen LogP contribution is 2.25. The highest BCUT2D eigenvalue weighted by molar-refractivity contribution is 5.85. The molecule has 0 aliphatic heterocycles. The Morgan fingerprint density at radius 2 is 1.30 bits per heavy atom. The van der Waals surface area contributed by atoms with Crippen LogP contribution in [-0.2, 0) is 4.84 Å². The smallest absolute Gasteiger partial charge is 0.177 e. The highest BCUT2D eigenvalue weighted by Gasteiger charge is 2.14. The zero-order valence-electron chi connectivity index (χ0n) is 12.4. The van der Waals surface area contributed by atoms with Crippen LogP contribution >= 0.6 is 12.4 Å². The fourth-order valence-electron chi connectivity index (χ4n) is 2.17. The molecule has 0 radical (unpaired) electrons. The Balaban J connectivity index is 0.00000192. The number of nitrogens with zero attached hydrogens (tertiary/aromatic N) is 2. The minimum absolute atomic E-state index is 0. The van der Waals surface area contributed by atoms with Crippen LogP contribution in [0.5, 0.6) is 0 Å². The Bertz CT molecular complexity index is 679. The van der Waals surface area contributed by atoms with Gasteiger partial charge in [0.05, 0.1) is 6.21 Å². The van der Waals surface area contributed by atoms with E-state index in [1.165, 1.54) is 0 Å². The predicted molar refractivity (Wildman–Crippen MR) is 94.9 cm³/mol. The van der Waals surface area contributed by atoms with Gasteiger partial charge in [-0.2, -0.15) is 0 Å². The molecule has 0 unspecified atom stereocenters. The molecule has 4 heteroatoms. The standard InChI is InChI=1S/C19H16N2O.ClH/c1-3-7-17(8-4-1)19(18-9-5-2-6-10-18)22-21-15-16-11-13-20-14-12-16;/h1-15,19H;1H/b21-15-;. The van der Waals surface area contributed by atoms with Gasteiger partial charge in [-0.1, -0.05) is 65.8 Å². The van der Waals surface area contributed by atoms with Gasteiger partial charge in [-0.3, -0.25) is 4.98 Å². The lowest BCUT2D eigenvalue weighted by Gasteiger charge is -2.15. The molecule has 0 atom stereocenters. The maximum absolute atomic E-state index is 5.77. The number of pyridine rings is 1. The maximum Gasteiger partial charge on any atom is 0.177 e. The summed E-state index contributed by atoms with van der Waals surface area (Å²) in [6.07, 6.45) is 4.93. The van der Waals surface area contributed by atoms with E-state index in [1.807, 2.05) is 72.8 Å². The minimum atomic E-state index is -0.222. The molecule has 3 nitrogen and oxygen atoms in total. The number of hydrogen-bond donors (Lipinski definition) is 0. The normalized spacial score (nSPS) is 10.5. The van der Waals surface area contributed by atoms with Gasteiger partial charge in [-0.15, -0.1) is 12.4 Å². The summed E-state index contributed by atoms with van der Waals surface area (Å²) in [4.78, 5) is 9.75. The second-order valence-electron chi connectivity index (χ2n) is 4.82. The summed E-state index contributed by atoms with van der Waals surface area (Å²) in [5, 5.41) is 4.14. The third-order valence-corrected chi connectivity index (χ3v) is 3.28. The number of rotatable bonds is 5. The van der Waals surface area contributed by atoms with Gasteiger partial charge in [0, 0.05) is 12.4 Å². The lowest BCUT2D eigenvalue weighted by Crippen LogP contribution is -2.03. The molecule has 0 fully saturated rings. The van der Waals surface area contributed by atoms with Crippen LogP contribution in [0.1, 0.15) is 22.8 Å². The van der Waals surface area contributed by atoms with E-state index in [2.05, 4.69) is 10.1 Å². The van der Waals surface area contributed by atoms with Crippen molar-refractivity contribution in [2.75, 3.05) is 0 Å². The first-order chi connectivity index (χ1) is 10.9. The number of oxime groups is 1. The number of benzene rings is 2. The van der Waals surface area contributed by atoms with Gasteiger partial charge in [-0.25, -0.2) is 0 Å². The van der Waals surface area contributed by atoms with Crippen molar-refractivity contribution in [2.45, 2.75) is 6.10 Å². The molecule has 0 N–H and O–H groups in total. The quantitative estimate of drug-likeness (QED) is 0.506. The van der Waals surface area contributed by atoms with Crippen molar-refractivity contribution in [3.8, 4) is 0 Å². The Morgan fingerprint density at radius 1 is 0.783 bits per heavy atom. The van der Waals surface area contributed by atoms with Crippen molar-refractivity contribution in [1.29, 1.82) is 0 Å². The number of hydrogen-bond acceptors (Lipinski definition) is 3. The van der Waals surface area contributed by atoms with E-state index < -0.39 is 0 Å². The Hall–Kier alpha value is -2.65. The zero-order valence-corrected chi connectivity index (χ0v) is 13.3. The largest absolute Gasteiger partial charge is 0.383 e. The van der Waals surface area contributed by atoms with Gasteiger partial charge in [0.15, 0.2) is 6.10 Å². The van der Waals surface area contributed by atoms with Crippen LogP contribution in [0.15, 0.2) is 90.3 Å². The van der Waals surface area contributed by atoms with Crippen LogP contribution in [-0.4, -0.2) is 11.2 Å². The highest BCUT2D eigenvalue weighted by atomic mass is 35.5. The van der Waals surface area contributed by atoms with Gasteiger partial charge in [0.1, 0.15) is 0 Å². The molecular weight excluding hydrogens is 308 g/mol. The molecule has 3 rings (SSSR count). The van der Waals surface area contributed by atoms with E-state index in [9.17, 15) is 0 Å². The van der Waals surface area contributed by atoms with Crippen molar-refractivity contribution in [1.82, 2.24) is 4.98 Å². The first-order valence-electron chi connectivity index (χ1n) is 7.12. The molecule has 0 bridgehead atoms. The van der Waals surface area contributed by atoms with Crippen LogP contribution in [0.25, 0.3) is 0 Å². The molecule has 0 saturated carbocycles. The topological polar surface area (TPSA) is 34.5 Å². The van der Waals surface area contributed by atoms with E-state index in [-0.39, 0.29) is 18.5 Å². The van der Waals surface area contributed by atoms with E-state index in [0.29, 0.717) is 0 Å². The molecule has 0 saturated heterocycles. The van der Waals surface area contributed by atoms with Crippen LogP contribution in [0, 0.1) is 0 Å². The van der Waals surface area contributed by atoms with Gasteiger partial charge < -0.3 is 4.84 Å². The summed E-state index contributed by atoms with van der Waals surface area (Å²) >= 11 is 0. The van der Waals surface area contributed by atoms with Crippen molar-refractivity contribution in [2.24, 2.45) is 5.16 Å². The van der Waals surface area contributed by atoms with Crippen LogP contribution in [0.2, 0.25) is 0 Å². The molecule has 1 aromatic heterocycles. The van der Waals surface area contributed by atoms with Crippen LogP contribution in [0.3, 0.4) is 0 Å². The van der Waals surface area contributed by atoms with Gasteiger partial charge >= 0.3 is 0 Å². The molecular formula is C19H17ClN2O. The van der Waals surface area contributed by atoms with Crippen LogP contribution in [0.4, 0.5) is 0 Å². The van der Waals surface area contributed by atoms with Crippen molar-refractivity contribution in [3.05, 3.63) is 102 Å². The molecule has 2 aromatic carbocycles. The summed E-state index contributed by atoms with van der Waals surface area (Å²) < 4.78 is 0. The van der Waals surface area contributed by atoms with Gasteiger partial charge in [0.2, 0.25) is 0 Å². The molecule has 0 amide bonds. The van der Waals surface area contributed by atoms with Crippen molar-refractivity contribution in [3.63, 3.8) is 0 Å². The van der Waals surface area contributed by atoms with E-state index in [0.717, 1.165) is 16.7 Å². The second-order valence-corrected chi connectivity index (χ2v) is 4.82. The molecule has 3 aromatic rings. The average molecular weight is 325 g/mol. The van der Waals surface area contributed by atoms with Crippen molar-refractivity contribution >= 4 is 18.6 Å². The molecule has 0 spiro atoms. The van der Waals surface area contributed by atoms with Gasteiger partial charge in [-0.05, 0) is 28.8 Å². The first-order valence-corrected chi connectivity index (χ1v) is 7.12. The SMILES string of the molecule is C(=N/OC(c1ccccc1)c1ccccc1)/c1ccncc1.Cl. The van der Waals surface area contributed by atoms with E-state index in [1.54, 1.807) is 18.6 Å². The monoisotopic (exact) mass is 324 g/mol. The number of halogens is 1. The summed E-state index contributed by atoms with van der Waals surface area (Å²) in [5.41, 5.74) is 3.09. The third kappa shape index (κ3) is 4.66. The minimum Gasteiger partial charge on any atom is -0.383 e. The second kappa shape index (κ2) is 8.71. The lowest BCUT2D eigenvalue weighted by atomic mass is 10.0. The summed E-state index contributed by atoms with van der Waals surface area (Å²) in [6, 6.07) is 23.9. The molecule has 0 aliphatic carbocycles. The number of aromatic nitrogens is 1. The molecule has 23 heavy (non-hydrogen) atoms. The first kappa shape index (κ1) is 16.7. The maximum atomic E-state index is 5.77. The van der Waals surface area contributed by atoms with E-state index >= 15 is 0 Å². The zero-order chi connectivity index (χ0) is 15.0. The molecule has 1 heterocycles. The fraction of sp³-hybridized carbons (Fsp3) is 0.0526. The van der Waals surface area contributed by atoms with Gasteiger partial charge in [0.25, 0.3) is 0 Å². The van der Waals surface area contributed by atoms with Crippen LogP contribution < -0.4 is 0 Å². The Kier molecular flexibility index (Phi) is 6.33. The molecule has 0 aliphatic rings. The third-order valence-electron chi connectivity index (χ3n) is 3.28. The fourth-order valence-corrected chi connectivity index (χ4v) is 2.17. The lowest BCUT2D eigenvalue weighted by molar-refractivity contribution is 0.0888. The average Bonchev–Trinajstić information content (AvgIpc) is 2.61. The summed E-state index contributed by atoms with van der Waals surface area (Å²) in [7, 11) is 0. The van der Waals surface area contributed by atoms with Crippen molar-refractivity contribution < 1.29 is 4.84 Å². The molecule has 116 valence electrons. The van der Waals surface area contributed by atoms with E-state index in [4.69, 9.17) is 4.84 Å². The summed E-state index contributed by atoms with van der Waals surface area (Å²) in [5.74, 6) is 0. The summed E-state index contributed by atoms with van der Waals surface area (Å²) in [6.45, 7) is 0. The Labute approximate surface area is 142 Å². The Morgan fingerprint density at radius 3 is 1.83 bits per heavy atom. The predicted octanol–water partition coefficient (Wildman–Crippen LogP) is 4.64.